The van der Waals surface area contributed by atoms with Crippen LogP contribution >= 0.6 is 0 Å². The molecule has 2 aliphatic heterocycles. The molecule has 1 aromatic carbocycles. The van der Waals surface area contributed by atoms with Crippen LogP contribution in [0.1, 0.15) is 18.4 Å². The van der Waals surface area contributed by atoms with Gasteiger partial charge in [0.25, 0.3) is 5.91 Å². The van der Waals surface area contributed by atoms with Gasteiger partial charge in [-0.25, -0.2) is 0 Å². The van der Waals surface area contributed by atoms with Gasteiger partial charge in [-0.15, -0.1) is 0 Å². The quantitative estimate of drug-likeness (QED) is 0.801. The second kappa shape index (κ2) is 7.55. The first-order valence-corrected chi connectivity index (χ1v) is 8.49. The lowest BCUT2D eigenvalue weighted by atomic mass is 9.96. The third-order valence-electron chi connectivity index (χ3n) is 4.80. The number of primary amides is 1. The number of ether oxygens (including phenoxy) is 2. The lowest BCUT2D eigenvalue weighted by Crippen LogP contribution is -2.43. The number of likely N-dealkylation sites (tertiary alicyclic amines) is 1. The zero-order valence-corrected chi connectivity index (χ0v) is 14.0. The van der Waals surface area contributed by atoms with Crippen molar-refractivity contribution in [2.24, 2.45) is 17.6 Å². The summed E-state index contributed by atoms with van der Waals surface area (Å²) in [6.45, 7) is 0.903. The van der Waals surface area contributed by atoms with Crippen LogP contribution < -0.4 is 10.5 Å². The molecule has 1 atom stereocenters. The van der Waals surface area contributed by atoms with Crippen molar-refractivity contribution in [2.75, 3.05) is 26.3 Å². The molecule has 0 bridgehead atoms. The van der Waals surface area contributed by atoms with Crippen LogP contribution in [0, 0.1) is 11.8 Å². The van der Waals surface area contributed by atoms with Gasteiger partial charge in [-0.05, 0) is 30.9 Å². The van der Waals surface area contributed by atoms with Crippen LogP contribution in [-0.2, 0) is 25.5 Å². The average molecular weight is 346 g/mol. The molecule has 0 saturated carbocycles. The van der Waals surface area contributed by atoms with Crippen molar-refractivity contribution in [1.82, 2.24) is 4.90 Å². The summed E-state index contributed by atoms with van der Waals surface area (Å²) < 4.78 is 10.8. The molecule has 2 amide bonds. The minimum absolute atomic E-state index is 0.175. The predicted octanol–water partition coefficient (Wildman–Crippen LogP) is 0.505. The van der Waals surface area contributed by atoms with E-state index in [1.165, 1.54) is 0 Å². The first-order chi connectivity index (χ1) is 12.0. The van der Waals surface area contributed by atoms with E-state index < -0.39 is 11.9 Å². The van der Waals surface area contributed by atoms with Gasteiger partial charge < -0.3 is 20.1 Å². The Balaban J connectivity index is 1.45. The summed E-state index contributed by atoms with van der Waals surface area (Å²) in [5.74, 6) is -0.770. The number of nitrogens with zero attached hydrogens (tertiary/aromatic N) is 1. The van der Waals surface area contributed by atoms with Crippen molar-refractivity contribution in [3.8, 4) is 5.75 Å². The maximum absolute atomic E-state index is 12.2. The maximum Gasteiger partial charge on any atom is 0.313 e. The summed E-state index contributed by atoms with van der Waals surface area (Å²) in [4.78, 5) is 37.1. The van der Waals surface area contributed by atoms with E-state index in [1.807, 2.05) is 24.3 Å². The Morgan fingerprint density at radius 2 is 1.88 bits per heavy atom. The van der Waals surface area contributed by atoms with Gasteiger partial charge in [-0.1, -0.05) is 18.2 Å². The molecule has 2 N–H and O–H groups in total. The first kappa shape index (κ1) is 17.3. The molecule has 2 aliphatic rings. The Kier molecular flexibility index (Phi) is 5.21. The minimum atomic E-state index is -0.421. The topological polar surface area (TPSA) is 98.9 Å². The number of benzene rings is 1. The third-order valence-corrected chi connectivity index (χ3v) is 4.80. The fraction of sp³-hybridized carbons (Fsp3) is 0.500. The molecule has 0 aliphatic carbocycles. The van der Waals surface area contributed by atoms with E-state index in [0.29, 0.717) is 32.4 Å². The SMILES string of the molecule is NC(=O)C1CCN(C(=O)COC(=O)[C@@H]2COc3ccccc3C2)CC1. The van der Waals surface area contributed by atoms with E-state index >= 15 is 0 Å². The lowest BCUT2D eigenvalue weighted by Gasteiger charge is -2.30. The molecule has 3 rings (SSSR count). The highest BCUT2D eigenvalue weighted by molar-refractivity contribution is 5.82. The first-order valence-electron chi connectivity index (χ1n) is 8.49. The molecule has 134 valence electrons. The number of piperidine rings is 1. The number of nitrogens with two attached hydrogens (primary N) is 1. The number of rotatable bonds is 4. The van der Waals surface area contributed by atoms with E-state index in [1.54, 1.807) is 4.90 Å². The van der Waals surface area contributed by atoms with Gasteiger partial charge in [-0.2, -0.15) is 0 Å². The summed E-state index contributed by atoms with van der Waals surface area (Å²) in [6, 6.07) is 7.58. The molecular formula is C18H22N2O5. The highest BCUT2D eigenvalue weighted by Gasteiger charge is 2.29. The fourth-order valence-electron chi connectivity index (χ4n) is 3.23. The lowest BCUT2D eigenvalue weighted by molar-refractivity contribution is -0.157. The van der Waals surface area contributed by atoms with Gasteiger partial charge in [0.15, 0.2) is 6.61 Å². The maximum atomic E-state index is 12.2. The number of esters is 1. The smallest absolute Gasteiger partial charge is 0.313 e. The van der Waals surface area contributed by atoms with Crippen LogP contribution in [0.25, 0.3) is 0 Å². The standard InChI is InChI=1S/C18H22N2O5/c19-17(22)12-5-7-20(8-6-12)16(21)11-25-18(23)14-9-13-3-1-2-4-15(13)24-10-14/h1-4,12,14H,5-11H2,(H2,19,22)/t14-/m0/s1. The molecule has 0 unspecified atom stereocenters. The number of hydrogen-bond donors (Lipinski definition) is 1. The van der Waals surface area contributed by atoms with Crippen LogP contribution in [0.15, 0.2) is 24.3 Å². The molecule has 2 heterocycles. The Morgan fingerprint density at radius 1 is 1.16 bits per heavy atom. The molecule has 1 fully saturated rings. The highest BCUT2D eigenvalue weighted by atomic mass is 16.5. The number of hydrogen-bond acceptors (Lipinski definition) is 5. The van der Waals surface area contributed by atoms with E-state index in [9.17, 15) is 14.4 Å². The summed E-state index contributed by atoms with van der Waals surface area (Å²) >= 11 is 0. The van der Waals surface area contributed by atoms with Crippen molar-refractivity contribution >= 4 is 17.8 Å². The summed E-state index contributed by atoms with van der Waals surface area (Å²) in [5.41, 5.74) is 6.25. The molecule has 7 nitrogen and oxygen atoms in total. The molecular weight excluding hydrogens is 324 g/mol. The second-order valence-electron chi connectivity index (χ2n) is 6.48. The van der Waals surface area contributed by atoms with E-state index in [0.717, 1.165) is 11.3 Å². The Morgan fingerprint density at radius 3 is 2.60 bits per heavy atom. The Hall–Kier alpha value is -2.57. The van der Waals surface area contributed by atoms with Gasteiger partial charge in [0, 0.05) is 19.0 Å². The van der Waals surface area contributed by atoms with Crippen molar-refractivity contribution in [3.05, 3.63) is 29.8 Å². The summed E-state index contributed by atoms with van der Waals surface area (Å²) in [7, 11) is 0. The van der Waals surface area contributed by atoms with Crippen LogP contribution in [0.2, 0.25) is 0 Å². The van der Waals surface area contributed by atoms with Gasteiger partial charge in [0.05, 0.1) is 5.92 Å². The highest BCUT2D eigenvalue weighted by Crippen LogP contribution is 2.27. The monoisotopic (exact) mass is 346 g/mol. The predicted molar refractivity (Wildman–Crippen MR) is 88.6 cm³/mol. The molecule has 1 aromatic rings. The van der Waals surface area contributed by atoms with Gasteiger partial charge in [0.2, 0.25) is 5.91 Å². The van der Waals surface area contributed by atoms with E-state index in [4.69, 9.17) is 15.2 Å². The number of carbonyl (C=O) groups excluding carboxylic acids is 3. The van der Waals surface area contributed by atoms with E-state index in [-0.39, 0.29) is 30.9 Å². The van der Waals surface area contributed by atoms with Crippen LogP contribution in [0.3, 0.4) is 0 Å². The Bertz CT molecular complexity index is 667. The van der Waals surface area contributed by atoms with Crippen LogP contribution in [0.5, 0.6) is 5.75 Å². The molecule has 7 heteroatoms. The van der Waals surface area contributed by atoms with Gasteiger partial charge in [-0.3, -0.25) is 14.4 Å². The van der Waals surface area contributed by atoms with Crippen molar-refractivity contribution in [1.29, 1.82) is 0 Å². The second-order valence-corrected chi connectivity index (χ2v) is 6.48. The van der Waals surface area contributed by atoms with Gasteiger partial charge >= 0.3 is 5.97 Å². The van der Waals surface area contributed by atoms with Crippen LogP contribution in [-0.4, -0.2) is 49.0 Å². The summed E-state index contributed by atoms with van der Waals surface area (Å²) in [6.07, 6.45) is 1.66. The molecule has 25 heavy (non-hydrogen) atoms. The van der Waals surface area contributed by atoms with Crippen molar-refractivity contribution in [3.63, 3.8) is 0 Å². The molecule has 0 spiro atoms. The molecule has 1 saturated heterocycles. The average Bonchev–Trinajstić information content (AvgIpc) is 2.65. The molecule has 0 aromatic heterocycles. The van der Waals surface area contributed by atoms with Crippen LogP contribution in [0.4, 0.5) is 0 Å². The Labute approximate surface area is 146 Å². The number of amides is 2. The zero-order chi connectivity index (χ0) is 17.8. The van der Waals surface area contributed by atoms with E-state index in [2.05, 4.69) is 0 Å². The zero-order valence-electron chi connectivity index (χ0n) is 14.0. The minimum Gasteiger partial charge on any atom is -0.492 e. The number of para-hydroxylation sites is 1. The van der Waals surface area contributed by atoms with Gasteiger partial charge in [0.1, 0.15) is 12.4 Å². The largest absolute Gasteiger partial charge is 0.492 e. The third kappa shape index (κ3) is 4.10. The number of fused-ring (bicyclic) bond motifs is 1. The normalized spacial score (nSPS) is 20.3. The summed E-state index contributed by atoms with van der Waals surface area (Å²) in [5, 5.41) is 0. The van der Waals surface area contributed by atoms with Crippen molar-refractivity contribution in [2.45, 2.75) is 19.3 Å². The fourth-order valence-corrected chi connectivity index (χ4v) is 3.23. The number of carbonyl (C=O) groups is 3. The molecule has 0 radical (unpaired) electrons. The van der Waals surface area contributed by atoms with Crippen molar-refractivity contribution < 1.29 is 23.9 Å².